The molecule has 0 bridgehead atoms. The van der Waals surface area contributed by atoms with E-state index in [4.69, 9.17) is 0 Å². The van der Waals surface area contributed by atoms with Gasteiger partial charge in [0.05, 0.1) is 22.5 Å². The molecule has 35 heavy (non-hydrogen) atoms. The van der Waals surface area contributed by atoms with Crippen molar-refractivity contribution in [3.63, 3.8) is 0 Å². The molecule has 3 aromatic carbocycles. The molecule has 0 atom stereocenters. The second-order valence-electron chi connectivity index (χ2n) is 7.98. The second kappa shape index (κ2) is 8.60. The molecule has 9 heteroatoms. The number of hydrogen-bond acceptors (Lipinski definition) is 5. The van der Waals surface area contributed by atoms with Crippen molar-refractivity contribution >= 4 is 28.5 Å². The molecule has 174 valence electrons. The number of halogens is 2. The minimum absolute atomic E-state index is 0.0182. The van der Waals surface area contributed by atoms with Gasteiger partial charge in [-0.1, -0.05) is 24.3 Å². The molecular weight excluding hydrogens is 452 g/mol. The second-order valence-corrected chi connectivity index (χ2v) is 7.98. The predicted molar refractivity (Wildman–Crippen MR) is 128 cm³/mol. The largest absolute Gasteiger partial charge is 0.478 e. The first-order valence-electron chi connectivity index (χ1n) is 10.7. The summed E-state index contributed by atoms with van der Waals surface area (Å²) in [5.74, 6) is -1.93. The van der Waals surface area contributed by atoms with Gasteiger partial charge in [0.25, 0.3) is 0 Å². The normalized spacial score (nSPS) is 11.1. The van der Waals surface area contributed by atoms with Crippen molar-refractivity contribution in [3.05, 3.63) is 95.4 Å². The number of hydrogen-bond donors (Lipinski definition) is 2. The van der Waals surface area contributed by atoms with Gasteiger partial charge < -0.3 is 10.4 Å². The van der Waals surface area contributed by atoms with E-state index in [1.54, 1.807) is 50.2 Å². The van der Waals surface area contributed by atoms with Gasteiger partial charge in [-0.15, -0.1) is 0 Å². The SMILES string of the molecule is Cc1cccc(F)c1-n1nc(C)c(-c2cc(F)c3nccnc3c2)c1Nc1ccccc1C(=O)O. The van der Waals surface area contributed by atoms with E-state index in [1.807, 2.05) is 0 Å². The van der Waals surface area contributed by atoms with Gasteiger partial charge in [0.15, 0.2) is 5.82 Å². The maximum absolute atomic E-state index is 15.0. The number of aromatic nitrogens is 4. The zero-order chi connectivity index (χ0) is 24.7. The van der Waals surface area contributed by atoms with E-state index in [9.17, 15) is 14.3 Å². The van der Waals surface area contributed by atoms with E-state index in [2.05, 4.69) is 20.4 Å². The van der Waals surface area contributed by atoms with Crippen LogP contribution >= 0.6 is 0 Å². The fourth-order valence-corrected chi connectivity index (χ4v) is 4.12. The van der Waals surface area contributed by atoms with Crippen LogP contribution in [0.1, 0.15) is 21.6 Å². The molecule has 0 radical (unpaired) electrons. The molecule has 0 amide bonds. The average molecular weight is 471 g/mol. The standard InChI is InChI=1S/C26H19F2N5O2/c1-14-6-5-8-18(27)24(14)33-25(31-20-9-4-3-7-17(20)26(34)35)22(15(2)32-33)16-12-19(28)23-21(13-16)29-10-11-30-23/h3-13,31H,1-2H3,(H,34,35). The van der Waals surface area contributed by atoms with Crippen LogP contribution in [0.25, 0.3) is 27.8 Å². The lowest BCUT2D eigenvalue weighted by Gasteiger charge is -2.16. The van der Waals surface area contributed by atoms with Crippen LogP contribution in [0, 0.1) is 25.5 Å². The number of anilines is 2. The molecule has 5 aromatic rings. The van der Waals surface area contributed by atoms with Crippen molar-refractivity contribution in [2.45, 2.75) is 13.8 Å². The van der Waals surface area contributed by atoms with Crippen molar-refractivity contribution < 1.29 is 18.7 Å². The van der Waals surface area contributed by atoms with Crippen molar-refractivity contribution in [3.8, 4) is 16.8 Å². The lowest BCUT2D eigenvalue weighted by Crippen LogP contribution is -2.09. The fraction of sp³-hybridized carbons (Fsp3) is 0.0769. The maximum atomic E-state index is 15.0. The molecule has 0 aliphatic carbocycles. The van der Waals surface area contributed by atoms with E-state index in [0.717, 1.165) is 0 Å². The summed E-state index contributed by atoms with van der Waals surface area (Å²) in [7, 11) is 0. The summed E-state index contributed by atoms with van der Waals surface area (Å²) in [6.45, 7) is 3.46. The van der Waals surface area contributed by atoms with Crippen LogP contribution in [-0.4, -0.2) is 30.8 Å². The van der Waals surface area contributed by atoms with Gasteiger partial charge in [0.1, 0.15) is 22.8 Å². The van der Waals surface area contributed by atoms with Gasteiger partial charge in [-0.05, 0) is 55.3 Å². The van der Waals surface area contributed by atoms with Crippen LogP contribution in [0.4, 0.5) is 20.3 Å². The summed E-state index contributed by atoms with van der Waals surface area (Å²) in [4.78, 5) is 20.1. The number of benzene rings is 3. The van der Waals surface area contributed by atoms with Crippen LogP contribution in [-0.2, 0) is 0 Å². The van der Waals surface area contributed by atoms with E-state index in [-0.39, 0.29) is 28.3 Å². The van der Waals surface area contributed by atoms with Crippen LogP contribution in [0.2, 0.25) is 0 Å². The van der Waals surface area contributed by atoms with Crippen molar-refractivity contribution in [2.75, 3.05) is 5.32 Å². The highest BCUT2D eigenvalue weighted by molar-refractivity contribution is 5.96. The highest BCUT2D eigenvalue weighted by Crippen LogP contribution is 2.38. The third-order valence-electron chi connectivity index (χ3n) is 5.69. The summed E-state index contributed by atoms with van der Waals surface area (Å²) >= 11 is 0. The lowest BCUT2D eigenvalue weighted by atomic mass is 10.0. The first-order chi connectivity index (χ1) is 16.8. The smallest absolute Gasteiger partial charge is 0.337 e. The van der Waals surface area contributed by atoms with Crippen LogP contribution in [0.3, 0.4) is 0 Å². The Bertz CT molecular complexity index is 1590. The number of rotatable bonds is 5. The van der Waals surface area contributed by atoms with Gasteiger partial charge >= 0.3 is 5.97 Å². The Morgan fingerprint density at radius 2 is 1.74 bits per heavy atom. The molecule has 0 aliphatic heterocycles. The number of aromatic carboxylic acids is 1. The zero-order valence-corrected chi connectivity index (χ0v) is 18.8. The number of para-hydroxylation sites is 2. The number of carboxylic acid groups (broad SMARTS) is 1. The van der Waals surface area contributed by atoms with Crippen LogP contribution < -0.4 is 5.32 Å². The van der Waals surface area contributed by atoms with Crippen LogP contribution in [0.15, 0.2) is 67.0 Å². The molecule has 2 N–H and O–H groups in total. The Balaban J connectivity index is 1.81. The molecule has 2 aromatic heterocycles. The zero-order valence-electron chi connectivity index (χ0n) is 18.8. The average Bonchev–Trinajstić information content (AvgIpc) is 3.14. The summed E-state index contributed by atoms with van der Waals surface area (Å²) < 4.78 is 31.4. The maximum Gasteiger partial charge on any atom is 0.337 e. The van der Waals surface area contributed by atoms with Gasteiger partial charge in [-0.25, -0.2) is 23.2 Å². The lowest BCUT2D eigenvalue weighted by molar-refractivity contribution is 0.0698. The minimum atomic E-state index is -1.13. The number of nitrogens with zero attached hydrogens (tertiary/aromatic N) is 4. The monoisotopic (exact) mass is 471 g/mol. The van der Waals surface area contributed by atoms with Gasteiger partial charge in [0, 0.05) is 18.0 Å². The Kier molecular flexibility index (Phi) is 5.44. The molecule has 0 unspecified atom stereocenters. The number of carbonyl (C=O) groups is 1. The topological polar surface area (TPSA) is 92.9 Å². The Morgan fingerprint density at radius 1 is 0.971 bits per heavy atom. The van der Waals surface area contributed by atoms with E-state index in [0.29, 0.717) is 27.9 Å². The Morgan fingerprint density at radius 3 is 2.51 bits per heavy atom. The van der Waals surface area contributed by atoms with Gasteiger partial charge in [-0.2, -0.15) is 5.10 Å². The highest BCUT2D eigenvalue weighted by atomic mass is 19.1. The molecule has 0 fully saturated rings. The van der Waals surface area contributed by atoms with Gasteiger partial charge in [0.2, 0.25) is 0 Å². The highest BCUT2D eigenvalue weighted by Gasteiger charge is 2.24. The molecule has 0 spiro atoms. The summed E-state index contributed by atoms with van der Waals surface area (Å²) in [5.41, 5.74) is 2.95. The number of carboxylic acids is 1. The molecule has 0 saturated heterocycles. The van der Waals surface area contributed by atoms with Crippen molar-refractivity contribution in [1.29, 1.82) is 0 Å². The number of fused-ring (bicyclic) bond motifs is 1. The molecule has 5 rings (SSSR count). The molecule has 0 saturated carbocycles. The quantitative estimate of drug-likeness (QED) is 0.336. The third kappa shape index (κ3) is 3.86. The number of nitrogens with one attached hydrogen (secondary N) is 1. The summed E-state index contributed by atoms with van der Waals surface area (Å²) in [6, 6.07) is 14.0. The molecule has 7 nitrogen and oxygen atoms in total. The van der Waals surface area contributed by atoms with E-state index in [1.165, 1.54) is 35.3 Å². The van der Waals surface area contributed by atoms with Crippen molar-refractivity contribution in [2.24, 2.45) is 0 Å². The first-order valence-corrected chi connectivity index (χ1v) is 10.7. The Labute approximate surface area is 198 Å². The Hall–Kier alpha value is -4.66. The number of aryl methyl sites for hydroxylation is 2. The minimum Gasteiger partial charge on any atom is -0.478 e. The molecule has 0 aliphatic rings. The van der Waals surface area contributed by atoms with Crippen molar-refractivity contribution in [1.82, 2.24) is 19.7 Å². The predicted octanol–water partition coefficient (Wildman–Crippen LogP) is 5.82. The summed E-state index contributed by atoms with van der Waals surface area (Å²) in [5, 5.41) is 17.4. The van der Waals surface area contributed by atoms with Gasteiger partial charge in [-0.3, -0.25) is 4.98 Å². The molecule has 2 heterocycles. The summed E-state index contributed by atoms with van der Waals surface area (Å²) in [6.07, 6.45) is 2.87. The first kappa shape index (κ1) is 22.1. The van der Waals surface area contributed by atoms with Crippen LogP contribution in [0.5, 0.6) is 0 Å². The third-order valence-corrected chi connectivity index (χ3v) is 5.69. The fourth-order valence-electron chi connectivity index (χ4n) is 4.12. The van der Waals surface area contributed by atoms with E-state index < -0.39 is 17.6 Å². The van der Waals surface area contributed by atoms with E-state index >= 15 is 4.39 Å². The molecular formula is C26H19F2N5O2.